The zero-order valence-corrected chi connectivity index (χ0v) is 14.2. The van der Waals surface area contributed by atoms with Gasteiger partial charge in [-0.3, -0.25) is 4.79 Å². The van der Waals surface area contributed by atoms with Crippen molar-refractivity contribution in [2.45, 2.75) is 31.6 Å². The van der Waals surface area contributed by atoms with Gasteiger partial charge < -0.3 is 9.47 Å². The first-order valence-corrected chi connectivity index (χ1v) is 8.25. The van der Waals surface area contributed by atoms with Crippen LogP contribution in [0.25, 0.3) is 0 Å². The molecule has 6 nitrogen and oxygen atoms in total. The van der Waals surface area contributed by atoms with E-state index in [4.69, 9.17) is 5.26 Å². The maximum Gasteiger partial charge on any atom is 0.233 e. The third kappa shape index (κ3) is 4.57. The molecule has 1 heterocycles. The number of thioether (sulfide) groups is 1. The third-order valence-corrected chi connectivity index (χ3v) is 4.26. The molecule has 0 bridgehead atoms. The highest BCUT2D eigenvalue weighted by molar-refractivity contribution is 7.99. The normalized spacial score (nSPS) is 10.6. The summed E-state index contributed by atoms with van der Waals surface area (Å²) in [6.45, 7) is 4.57. The van der Waals surface area contributed by atoms with Gasteiger partial charge in [-0.25, -0.2) is 0 Å². The second-order valence-electron chi connectivity index (χ2n) is 5.47. The lowest BCUT2D eigenvalue weighted by Gasteiger charge is -2.17. The number of rotatable bonds is 6. The van der Waals surface area contributed by atoms with Crippen molar-refractivity contribution in [3.8, 4) is 6.07 Å². The maximum atomic E-state index is 12.3. The molecule has 23 heavy (non-hydrogen) atoms. The molecule has 0 radical (unpaired) electrons. The number of hydrogen-bond donors (Lipinski definition) is 0. The Balaban J connectivity index is 1.92. The van der Waals surface area contributed by atoms with Crippen molar-refractivity contribution in [2.75, 3.05) is 12.8 Å². The largest absolute Gasteiger partial charge is 0.341 e. The van der Waals surface area contributed by atoms with E-state index in [-0.39, 0.29) is 11.9 Å². The third-order valence-electron chi connectivity index (χ3n) is 3.32. The average molecular weight is 329 g/mol. The fraction of sp³-hybridized carbons (Fsp3) is 0.375. The number of nitriles is 1. The molecular weight excluding hydrogens is 310 g/mol. The summed E-state index contributed by atoms with van der Waals surface area (Å²) in [5, 5.41) is 17.6. The maximum absolute atomic E-state index is 12.3. The Labute approximate surface area is 140 Å². The zero-order chi connectivity index (χ0) is 16.8. The molecule has 1 aromatic heterocycles. The Morgan fingerprint density at radius 3 is 2.96 bits per heavy atom. The van der Waals surface area contributed by atoms with Gasteiger partial charge in [-0.1, -0.05) is 23.9 Å². The number of carbonyl (C=O) groups excluding carboxylic acids is 1. The Morgan fingerprint density at radius 1 is 1.48 bits per heavy atom. The molecule has 0 aliphatic carbocycles. The summed E-state index contributed by atoms with van der Waals surface area (Å²) in [4.78, 5) is 13.9. The van der Waals surface area contributed by atoms with Crippen molar-refractivity contribution >= 4 is 17.7 Å². The molecule has 2 aromatic rings. The van der Waals surface area contributed by atoms with Crippen LogP contribution in [0.5, 0.6) is 0 Å². The van der Waals surface area contributed by atoms with E-state index in [2.05, 4.69) is 16.3 Å². The van der Waals surface area contributed by atoms with Crippen LogP contribution in [0.3, 0.4) is 0 Å². The minimum atomic E-state index is 0.00988. The van der Waals surface area contributed by atoms with E-state index in [9.17, 15) is 4.79 Å². The first kappa shape index (κ1) is 17.0. The molecule has 0 atom stereocenters. The summed E-state index contributed by atoms with van der Waals surface area (Å²) in [6, 6.07) is 9.65. The Morgan fingerprint density at radius 2 is 2.26 bits per heavy atom. The standard InChI is InChI=1S/C16H19N5OS/c1-12(2)21-11-18-19-16(21)23-10-15(22)20(3)9-14-6-4-5-13(7-14)8-17/h4-7,11-12H,9-10H2,1-3H3. The number of carbonyl (C=O) groups is 1. The molecule has 1 aromatic carbocycles. The number of aromatic nitrogens is 3. The van der Waals surface area contributed by atoms with Crippen molar-refractivity contribution in [1.29, 1.82) is 5.26 Å². The van der Waals surface area contributed by atoms with Crippen molar-refractivity contribution < 1.29 is 4.79 Å². The quantitative estimate of drug-likeness (QED) is 0.761. The van der Waals surface area contributed by atoms with Gasteiger partial charge in [0.1, 0.15) is 6.33 Å². The van der Waals surface area contributed by atoms with Crippen molar-refractivity contribution in [3.63, 3.8) is 0 Å². The van der Waals surface area contributed by atoms with Crippen LogP contribution in [0.1, 0.15) is 31.0 Å². The summed E-state index contributed by atoms with van der Waals surface area (Å²) in [5.41, 5.74) is 1.54. The number of hydrogen-bond acceptors (Lipinski definition) is 5. The SMILES string of the molecule is CC(C)n1cnnc1SCC(=O)N(C)Cc1cccc(C#N)c1. The summed E-state index contributed by atoms with van der Waals surface area (Å²) in [5.74, 6) is 0.315. The van der Waals surface area contributed by atoms with Crippen LogP contribution < -0.4 is 0 Å². The molecule has 1 amide bonds. The van der Waals surface area contributed by atoms with E-state index >= 15 is 0 Å². The summed E-state index contributed by atoms with van der Waals surface area (Å²) < 4.78 is 1.94. The summed E-state index contributed by atoms with van der Waals surface area (Å²) in [7, 11) is 1.76. The first-order valence-electron chi connectivity index (χ1n) is 7.26. The van der Waals surface area contributed by atoms with Crippen LogP contribution in [0, 0.1) is 11.3 Å². The van der Waals surface area contributed by atoms with E-state index in [0.29, 0.717) is 17.9 Å². The molecule has 0 saturated heterocycles. The molecule has 0 N–H and O–H groups in total. The number of amides is 1. The number of nitrogens with zero attached hydrogens (tertiary/aromatic N) is 5. The molecular formula is C16H19N5OS. The van der Waals surface area contributed by atoms with Gasteiger partial charge in [0.2, 0.25) is 5.91 Å². The fourth-order valence-corrected chi connectivity index (χ4v) is 3.01. The molecule has 7 heteroatoms. The van der Waals surface area contributed by atoms with Gasteiger partial charge in [0.15, 0.2) is 5.16 Å². The zero-order valence-electron chi connectivity index (χ0n) is 13.4. The monoisotopic (exact) mass is 329 g/mol. The van der Waals surface area contributed by atoms with Gasteiger partial charge in [-0.05, 0) is 31.5 Å². The molecule has 120 valence electrons. The van der Waals surface area contributed by atoms with Crippen LogP contribution >= 0.6 is 11.8 Å². The minimum Gasteiger partial charge on any atom is -0.341 e. The van der Waals surface area contributed by atoms with Gasteiger partial charge >= 0.3 is 0 Å². The van der Waals surface area contributed by atoms with Gasteiger partial charge in [-0.15, -0.1) is 10.2 Å². The Bertz CT molecular complexity index is 719. The summed E-state index contributed by atoms with van der Waals surface area (Å²) in [6.07, 6.45) is 1.68. The van der Waals surface area contributed by atoms with Gasteiger partial charge in [0.25, 0.3) is 0 Å². The second kappa shape index (κ2) is 7.79. The van der Waals surface area contributed by atoms with E-state index in [1.807, 2.05) is 30.5 Å². The van der Waals surface area contributed by atoms with Gasteiger partial charge in [-0.2, -0.15) is 5.26 Å². The van der Waals surface area contributed by atoms with Crippen LogP contribution in [-0.4, -0.2) is 38.4 Å². The smallest absolute Gasteiger partial charge is 0.233 e. The average Bonchev–Trinajstić information content (AvgIpc) is 3.01. The predicted octanol–water partition coefficient (Wildman–Crippen LogP) is 2.48. The number of benzene rings is 1. The molecule has 0 aliphatic rings. The fourth-order valence-electron chi connectivity index (χ4n) is 2.03. The van der Waals surface area contributed by atoms with E-state index in [1.165, 1.54) is 11.8 Å². The van der Waals surface area contributed by atoms with Gasteiger partial charge in [0, 0.05) is 19.6 Å². The highest BCUT2D eigenvalue weighted by Crippen LogP contribution is 2.19. The minimum absolute atomic E-state index is 0.00988. The van der Waals surface area contributed by atoms with Crippen molar-refractivity contribution in [3.05, 3.63) is 41.7 Å². The Hall–Kier alpha value is -2.33. The molecule has 0 unspecified atom stereocenters. The summed E-state index contributed by atoms with van der Waals surface area (Å²) >= 11 is 1.38. The van der Waals surface area contributed by atoms with Crippen LogP contribution in [0.2, 0.25) is 0 Å². The van der Waals surface area contributed by atoms with Crippen LogP contribution in [0.15, 0.2) is 35.7 Å². The van der Waals surface area contributed by atoms with Crippen LogP contribution in [-0.2, 0) is 11.3 Å². The highest BCUT2D eigenvalue weighted by atomic mass is 32.2. The lowest BCUT2D eigenvalue weighted by Crippen LogP contribution is -2.28. The van der Waals surface area contributed by atoms with Crippen molar-refractivity contribution in [2.24, 2.45) is 0 Å². The van der Waals surface area contributed by atoms with Crippen LogP contribution in [0.4, 0.5) is 0 Å². The molecule has 0 saturated carbocycles. The first-order chi connectivity index (χ1) is 11.0. The second-order valence-corrected chi connectivity index (χ2v) is 6.41. The molecule has 2 rings (SSSR count). The molecule has 0 fully saturated rings. The van der Waals surface area contributed by atoms with Crippen molar-refractivity contribution in [1.82, 2.24) is 19.7 Å². The highest BCUT2D eigenvalue weighted by Gasteiger charge is 2.14. The van der Waals surface area contributed by atoms with Gasteiger partial charge in [0.05, 0.1) is 17.4 Å². The Kier molecular flexibility index (Phi) is 5.77. The lowest BCUT2D eigenvalue weighted by atomic mass is 10.1. The van der Waals surface area contributed by atoms with E-state index < -0.39 is 0 Å². The molecule has 0 spiro atoms. The van der Waals surface area contributed by atoms with E-state index in [0.717, 1.165) is 10.7 Å². The topological polar surface area (TPSA) is 74.8 Å². The van der Waals surface area contributed by atoms with E-state index in [1.54, 1.807) is 30.4 Å². The predicted molar refractivity (Wildman–Crippen MR) is 88.8 cm³/mol. The molecule has 0 aliphatic heterocycles. The lowest BCUT2D eigenvalue weighted by molar-refractivity contribution is -0.127.